The molecule has 21 heavy (non-hydrogen) atoms. The maximum absolute atomic E-state index is 12.1. The van der Waals surface area contributed by atoms with Crippen LogP contribution in [0, 0.1) is 23.7 Å². The maximum Gasteiger partial charge on any atom is 0.224 e. The van der Waals surface area contributed by atoms with Gasteiger partial charge in [0, 0.05) is 25.9 Å². The summed E-state index contributed by atoms with van der Waals surface area (Å²) in [7, 11) is 0. The lowest BCUT2D eigenvalue weighted by atomic mass is 9.96. The second-order valence-corrected chi connectivity index (χ2v) is 7.77. The number of hydrogen-bond acceptors (Lipinski definition) is 2. The summed E-state index contributed by atoms with van der Waals surface area (Å²) < 4.78 is 0. The van der Waals surface area contributed by atoms with E-state index in [0.717, 1.165) is 25.9 Å². The molecule has 4 heteroatoms. The lowest BCUT2D eigenvalue weighted by Gasteiger charge is -2.25. The summed E-state index contributed by atoms with van der Waals surface area (Å²) in [6.45, 7) is 11.0. The Morgan fingerprint density at radius 1 is 0.857 bits per heavy atom. The first-order chi connectivity index (χ1) is 9.85. The van der Waals surface area contributed by atoms with Gasteiger partial charge in [-0.15, -0.1) is 0 Å². The van der Waals surface area contributed by atoms with Crippen LogP contribution in [0.3, 0.4) is 0 Å². The third-order valence-electron chi connectivity index (χ3n) is 4.54. The molecule has 2 aliphatic heterocycles. The van der Waals surface area contributed by atoms with Crippen LogP contribution in [0.1, 0.15) is 53.4 Å². The van der Waals surface area contributed by atoms with E-state index >= 15 is 0 Å². The fourth-order valence-electron chi connectivity index (χ4n) is 3.84. The van der Waals surface area contributed by atoms with Gasteiger partial charge in [-0.25, -0.2) is 0 Å². The molecule has 120 valence electrons. The van der Waals surface area contributed by atoms with Gasteiger partial charge < -0.3 is 9.80 Å². The highest BCUT2D eigenvalue weighted by molar-refractivity contribution is 5.81. The van der Waals surface area contributed by atoms with Crippen molar-refractivity contribution >= 4 is 11.8 Å². The van der Waals surface area contributed by atoms with Crippen LogP contribution in [-0.4, -0.2) is 41.4 Å². The molecule has 2 heterocycles. The van der Waals surface area contributed by atoms with E-state index in [0.29, 0.717) is 43.2 Å². The highest BCUT2D eigenvalue weighted by Crippen LogP contribution is 2.28. The molecule has 0 N–H and O–H groups in total. The highest BCUT2D eigenvalue weighted by Gasteiger charge is 2.35. The zero-order valence-corrected chi connectivity index (χ0v) is 14.0. The van der Waals surface area contributed by atoms with Crippen LogP contribution >= 0.6 is 0 Å². The molecule has 2 amide bonds. The molecule has 2 fully saturated rings. The molecule has 0 bridgehead atoms. The minimum atomic E-state index is 0.223. The summed E-state index contributed by atoms with van der Waals surface area (Å²) in [6, 6.07) is 0. The fourth-order valence-corrected chi connectivity index (χ4v) is 3.84. The molecular formula is C17H30N2O2. The van der Waals surface area contributed by atoms with Gasteiger partial charge in [-0.05, 0) is 36.5 Å². The number of rotatable bonds is 6. The topological polar surface area (TPSA) is 40.6 Å². The molecule has 0 spiro atoms. The molecule has 0 radical (unpaired) electrons. The largest absolute Gasteiger partial charge is 0.325 e. The van der Waals surface area contributed by atoms with Gasteiger partial charge in [0.25, 0.3) is 0 Å². The third-order valence-corrected chi connectivity index (χ3v) is 4.54. The van der Waals surface area contributed by atoms with Crippen molar-refractivity contribution in [3.63, 3.8) is 0 Å². The monoisotopic (exact) mass is 294 g/mol. The van der Waals surface area contributed by atoms with Crippen molar-refractivity contribution in [2.45, 2.75) is 53.4 Å². The average molecular weight is 294 g/mol. The zero-order chi connectivity index (χ0) is 15.6. The summed E-state index contributed by atoms with van der Waals surface area (Å²) in [6.07, 6.45) is 3.53. The summed E-state index contributed by atoms with van der Waals surface area (Å²) in [4.78, 5) is 28.0. The zero-order valence-electron chi connectivity index (χ0n) is 14.0. The van der Waals surface area contributed by atoms with E-state index in [1.807, 2.05) is 9.80 Å². The smallest absolute Gasteiger partial charge is 0.224 e. The number of carbonyl (C=O) groups excluding carboxylic acids is 2. The molecule has 0 aromatic rings. The van der Waals surface area contributed by atoms with E-state index in [1.54, 1.807) is 0 Å². The van der Waals surface area contributed by atoms with Crippen molar-refractivity contribution in [3.8, 4) is 0 Å². The van der Waals surface area contributed by atoms with Crippen LogP contribution in [0.5, 0.6) is 0 Å². The van der Waals surface area contributed by atoms with Crippen molar-refractivity contribution in [1.29, 1.82) is 0 Å². The van der Waals surface area contributed by atoms with Crippen LogP contribution in [0.25, 0.3) is 0 Å². The summed E-state index contributed by atoms with van der Waals surface area (Å²) in [5, 5.41) is 0. The first-order valence-electron chi connectivity index (χ1n) is 8.40. The first-order valence-corrected chi connectivity index (χ1v) is 8.40. The average Bonchev–Trinajstić information content (AvgIpc) is 2.82. The van der Waals surface area contributed by atoms with Crippen LogP contribution in [0.4, 0.5) is 0 Å². The Morgan fingerprint density at radius 2 is 1.24 bits per heavy atom. The van der Waals surface area contributed by atoms with Crippen molar-refractivity contribution in [1.82, 2.24) is 9.80 Å². The number of likely N-dealkylation sites (tertiary alicyclic amines) is 2. The predicted molar refractivity (Wildman–Crippen MR) is 83.4 cm³/mol. The molecule has 0 aliphatic carbocycles. The summed E-state index contributed by atoms with van der Waals surface area (Å²) in [5.41, 5.74) is 0. The van der Waals surface area contributed by atoms with Gasteiger partial charge in [0.05, 0.1) is 6.67 Å². The molecule has 4 nitrogen and oxygen atoms in total. The maximum atomic E-state index is 12.1. The van der Waals surface area contributed by atoms with E-state index in [4.69, 9.17) is 0 Å². The highest BCUT2D eigenvalue weighted by atomic mass is 16.2. The second-order valence-electron chi connectivity index (χ2n) is 7.77. The van der Waals surface area contributed by atoms with Gasteiger partial charge >= 0.3 is 0 Å². The Morgan fingerprint density at radius 3 is 1.57 bits per heavy atom. The number of carbonyl (C=O) groups is 2. The lowest BCUT2D eigenvalue weighted by Crippen LogP contribution is -2.39. The van der Waals surface area contributed by atoms with E-state index in [9.17, 15) is 9.59 Å². The third kappa shape index (κ3) is 4.45. The Hall–Kier alpha value is -1.06. The minimum Gasteiger partial charge on any atom is -0.325 e. The van der Waals surface area contributed by atoms with Crippen LogP contribution < -0.4 is 0 Å². The quantitative estimate of drug-likeness (QED) is 0.756. The van der Waals surface area contributed by atoms with Gasteiger partial charge in [0.15, 0.2) is 0 Å². The molecule has 2 atom stereocenters. The lowest BCUT2D eigenvalue weighted by molar-refractivity contribution is -0.134. The standard InChI is InChI=1S/C17H30N2O2/c1-12(2)5-14-7-16(20)18(9-14)11-19-10-15(6-13(3)4)8-17(19)21/h12-15H,5-11H2,1-4H3. The molecule has 0 aromatic heterocycles. The van der Waals surface area contributed by atoms with Crippen molar-refractivity contribution in [2.24, 2.45) is 23.7 Å². The minimum absolute atomic E-state index is 0.223. The molecule has 2 unspecified atom stereocenters. The van der Waals surface area contributed by atoms with E-state index in [1.165, 1.54) is 0 Å². The van der Waals surface area contributed by atoms with Crippen LogP contribution in [0.2, 0.25) is 0 Å². The Kier molecular flexibility index (Phi) is 5.28. The molecular weight excluding hydrogens is 264 g/mol. The summed E-state index contributed by atoms with van der Waals surface area (Å²) in [5.74, 6) is 2.66. The van der Waals surface area contributed by atoms with Gasteiger partial charge in [0.2, 0.25) is 11.8 Å². The van der Waals surface area contributed by atoms with E-state index in [2.05, 4.69) is 27.7 Å². The van der Waals surface area contributed by atoms with Gasteiger partial charge in [-0.2, -0.15) is 0 Å². The molecule has 2 saturated heterocycles. The van der Waals surface area contributed by atoms with E-state index < -0.39 is 0 Å². The predicted octanol–water partition coefficient (Wildman–Crippen LogP) is 2.73. The SMILES string of the molecule is CC(C)CC1CC(=O)N(CN2CC(CC(C)C)CC2=O)C1. The van der Waals surface area contributed by atoms with Crippen molar-refractivity contribution in [2.75, 3.05) is 19.8 Å². The van der Waals surface area contributed by atoms with Gasteiger partial charge in [0.1, 0.15) is 0 Å². The van der Waals surface area contributed by atoms with E-state index in [-0.39, 0.29) is 11.8 Å². The Labute approximate surface area is 128 Å². The molecule has 2 rings (SSSR count). The first kappa shape index (κ1) is 16.3. The Bertz CT molecular complexity index is 356. The van der Waals surface area contributed by atoms with Gasteiger partial charge in [-0.1, -0.05) is 27.7 Å². The molecule has 0 aromatic carbocycles. The van der Waals surface area contributed by atoms with Crippen LogP contribution in [-0.2, 0) is 9.59 Å². The van der Waals surface area contributed by atoms with Gasteiger partial charge in [-0.3, -0.25) is 9.59 Å². The van der Waals surface area contributed by atoms with Crippen molar-refractivity contribution < 1.29 is 9.59 Å². The molecule has 2 aliphatic rings. The van der Waals surface area contributed by atoms with Crippen molar-refractivity contribution in [3.05, 3.63) is 0 Å². The summed E-state index contributed by atoms with van der Waals surface area (Å²) >= 11 is 0. The molecule has 0 saturated carbocycles. The number of nitrogens with zero attached hydrogens (tertiary/aromatic N) is 2. The normalized spacial score (nSPS) is 26.8. The number of hydrogen-bond donors (Lipinski definition) is 0. The number of amides is 2. The fraction of sp³-hybridized carbons (Fsp3) is 0.882. The Balaban J connectivity index is 1.84. The van der Waals surface area contributed by atoms with Crippen LogP contribution in [0.15, 0.2) is 0 Å². The second kappa shape index (κ2) is 6.80.